The van der Waals surface area contributed by atoms with Crippen molar-refractivity contribution in [2.75, 3.05) is 11.4 Å². The number of ether oxygens (including phenoxy) is 1. The normalized spacial score (nSPS) is 17.0. The molecule has 8 heteroatoms. The highest BCUT2D eigenvalue weighted by Gasteiger charge is 2.31. The van der Waals surface area contributed by atoms with Gasteiger partial charge in [-0.3, -0.25) is 9.69 Å². The molecule has 0 saturated carbocycles. The van der Waals surface area contributed by atoms with Crippen LogP contribution in [0.1, 0.15) is 17.3 Å². The third-order valence-corrected chi connectivity index (χ3v) is 4.09. The number of fused-ring (bicyclic) bond motifs is 1. The number of carbonyl (C=O) groups excluding carboxylic acids is 1. The molecule has 1 aliphatic heterocycles. The lowest BCUT2D eigenvalue weighted by Crippen LogP contribution is -2.43. The molecule has 0 fully saturated rings. The Bertz CT molecular complexity index is 739. The second-order valence-corrected chi connectivity index (χ2v) is 6.05. The number of amides is 1. The molecule has 1 aromatic carbocycles. The molecule has 0 unspecified atom stereocenters. The summed E-state index contributed by atoms with van der Waals surface area (Å²) in [5, 5.41) is 13.8. The third kappa shape index (κ3) is 2.37. The van der Waals surface area contributed by atoms with E-state index in [-0.39, 0.29) is 23.2 Å². The Labute approximate surface area is 137 Å². The smallest absolute Gasteiger partial charge is 0.259 e. The summed E-state index contributed by atoms with van der Waals surface area (Å²) in [4.78, 5) is 14.5. The van der Waals surface area contributed by atoms with Crippen molar-refractivity contribution in [2.45, 2.75) is 13.0 Å². The highest BCUT2D eigenvalue weighted by molar-refractivity contribution is 9.10. The minimum absolute atomic E-state index is 0.0758. The zero-order valence-corrected chi connectivity index (χ0v) is 13.7. The average Bonchev–Trinajstić information content (AvgIpc) is 2.84. The van der Waals surface area contributed by atoms with Crippen LogP contribution in [0.4, 0.5) is 5.82 Å². The second-order valence-electron chi connectivity index (χ2n) is 5.20. The highest BCUT2D eigenvalue weighted by Crippen LogP contribution is 2.34. The molecule has 1 N–H and O–H groups in total. The summed E-state index contributed by atoms with van der Waals surface area (Å²) in [6.45, 7) is 2.29. The van der Waals surface area contributed by atoms with Crippen LogP contribution >= 0.6 is 15.9 Å². The maximum Gasteiger partial charge on any atom is 0.259 e. The first-order valence-corrected chi connectivity index (χ1v) is 7.46. The molecule has 22 heavy (non-hydrogen) atoms. The number of aromatic hydroxyl groups is 1. The topological polar surface area (TPSA) is 67.6 Å². The monoisotopic (exact) mass is 361 g/mol. The van der Waals surface area contributed by atoms with Crippen LogP contribution < -0.4 is 15.1 Å². The summed E-state index contributed by atoms with van der Waals surface area (Å²) in [7, 11) is 7.48. The molecular weight excluding hydrogens is 349 g/mol. The van der Waals surface area contributed by atoms with Gasteiger partial charge in [-0.1, -0.05) is 11.5 Å². The highest BCUT2D eigenvalue weighted by atomic mass is 79.9. The summed E-state index contributed by atoms with van der Waals surface area (Å²) >= 11 is 3.20. The Morgan fingerprint density at radius 3 is 2.95 bits per heavy atom. The van der Waals surface area contributed by atoms with Gasteiger partial charge in [0.25, 0.3) is 5.91 Å². The van der Waals surface area contributed by atoms with E-state index < -0.39 is 0 Å². The van der Waals surface area contributed by atoms with Crippen molar-refractivity contribution in [3.05, 3.63) is 28.4 Å². The number of hydrogen-bond acceptors (Lipinski definition) is 4. The van der Waals surface area contributed by atoms with Crippen molar-refractivity contribution in [3.63, 3.8) is 0 Å². The average molecular weight is 362 g/mol. The number of benzene rings is 1. The van der Waals surface area contributed by atoms with Crippen LogP contribution in [0.15, 0.2) is 22.8 Å². The van der Waals surface area contributed by atoms with Crippen LogP contribution in [-0.2, 0) is 7.05 Å². The standard InChI is InChI=1S/C14H13BBrN3O3/c1-7-6-19(13-11(22-7)5-17-18(13)2)14(21)8-3-9(15)12(20)10(16)4-8/h3-5,7,20H,6H2,1-2H3/t7-/m0/s1. The zero-order valence-electron chi connectivity index (χ0n) is 12.1. The lowest BCUT2D eigenvalue weighted by molar-refractivity contribution is 0.0958. The van der Waals surface area contributed by atoms with Gasteiger partial charge in [-0.05, 0) is 28.9 Å². The Balaban J connectivity index is 2.04. The first kappa shape index (κ1) is 15.0. The second kappa shape index (κ2) is 5.35. The number of phenols is 1. The number of hydrogen-bond donors (Lipinski definition) is 1. The fourth-order valence-corrected chi connectivity index (χ4v) is 2.95. The molecule has 0 spiro atoms. The summed E-state index contributed by atoms with van der Waals surface area (Å²) in [6, 6.07) is 3.00. The number of rotatable bonds is 1. The van der Waals surface area contributed by atoms with E-state index in [4.69, 9.17) is 12.6 Å². The van der Waals surface area contributed by atoms with Crippen molar-refractivity contribution >= 4 is 41.0 Å². The number of aromatic nitrogens is 2. The predicted molar refractivity (Wildman–Crippen MR) is 86.2 cm³/mol. The lowest BCUT2D eigenvalue weighted by Gasteiger charge is -2.31. The van der Waals surface area contributed by atoms with Crippen LogP contribution in [-0.4, -0.2) is 41.3 Å². The maximum absolute atomic E-state index is 12.8. The summed E-state index contributed by atoms with van der Waals surface area (Å²) < 4.78 is 7.66. The van der Waals surface area contributed by atoms with E-state index >= 15 is 0 Å². The first-order valence-electron chi connectivity index (χ1n) is 6.67. The zero-order chi connectivity index (χ0) is 16.0. The van der Waals surface area contributed by atoms with Gasteiger partial charge in [-0.25, -0.2) is 4.68 Å². The Kier molecular flexibility index (Phi) is 3.64. The Hall–Kier alpha value is -1.96. The van der Waals surface area contributed by atoms with E-state index in [2.05, 4.69) is 21.0 Å². The van der Waals surface area contributed by atoms with E-state index in [9.17, 15) is 9.90 Å². The summed E-state index contributed by atoms with van der Waals surface area (Å²) in [5.74, 6) is 0.867. The molecular formula is C14H13BBrN3O3. The largest absolute Gasteiger partial charge is 0.507 e. The van der Waals surface area contributed by atoms with Crippen molar-refractivity contribution < 1.29 is 14.6 Å². The SMILES string of the molecule is [B]c1cc(C(=O)N2C[C@H](C)Oc3cnn(C)c32)cc(Br)c1O. The van der Waals surface area contributed by atoms with Crippen molar-refractivity contribution in [1.29, 1.82) is 0 Å². The fraction of sp³-hybridized carbons (Fsp3) is 0.286. The van der Waals surface area contributed by atoms with Crippen molar-refractivity contribution in [2.24, 2.45) is 7.05 Å². The van der Waals surface area contributed by atoms with Crippen LogP contribution in [0, 0.1) is 0 Å². The minimum atomic E-state index is -0.229. The summed E-state index contributed by atoms with van der Waals surface area (Å²) in [6.07, 6.45) is 1.45. The number of halogens is 1. The van der Waals surface area contributed by atoms with Gasteiger partial charge in [-0.15, -0.1) is 0 Å². The third-order valence-electron chi connectivity index (χ3n) is 3.48. The van der Waals surface area contributed by atoms with E-state index in [0.717, 1.165) is 0 Å². The number of carbonyl (C=O) groups is 1. The van der Waals surface area contributed by atoms with Crippen LogP contribution in [0.5, 0.6) is 11.5 Å². The molecule has 1 atom stereocenters. The van der Waals surface area contributed by atoms with Crippen LogP contribution in [0.2, 0.25) is 0 Å². The molecule has 0 saturated heterocycles. The number of anilines is 1. The van der Waals surface area contributed by atoms with E-state index in [1.54, 1.807) is 28.9 Å². The summed E-state index contributed by atoms with van der Waals surface area (Å²) in [5.41, 5.74) is 0.521. The molecule has 1 amide bonds. The van der Waals surface area contributed by atoms with E-state index in [1.807, 2.05) is 6.92 Å². The van der Waals surface area contributed by atoms with Gasteiger partial charge in [0.2, 0.25) is 0 Å². The molecule has 3 rings (SSSR count). The maximum atomic E-state index is 12.8. The van der Waals surface area contributed by atoms with Crippen LogP contribution in [0.25, 0.3) is 0 Å². The molecule has 1 aliphatic rings. The van der Waals surface area contributed by atoms with Gasteiger partial charge in [0.15, 0.2) is 11.6 Å². The quantitative estimate of drug-likeness (QED) is 0.772. The number of aryl methyl sites for hydroxylation is 1. The molecule has 0 bridgehead atoms. The first-order chi connectivity index (χ1) is 10.4. The van der Waals surface area contributed by atoms with E-state index in [1.165, 1.54) is 6.07 Å². The fourth-order valence-electron chi connectivity index (χ4n) is 2.48. The molecule has 112 valence electrons. The minimum Gasteiger partial charge on any atom is -0.507 e. The number of phenolic OH excluding ortho intramolecular Hbond substituents is 1. The van der Waals surface area contributed by atoms with Gasteiger partial charge < -0.3 is 9.84 Å². The van der Waals surface area contributed by atoms with E-state index in [0.29, 0.717) is 28.1 Å². The van der Waals surface area contributed by atoms with Crippen LogP contribution in [0.3, 0.4) is 0 Å². The van der Waals surface area contributed by atoms with Crippen molar-refractivity contribution in [1.82, 2.24) is 9.78 Å². The Morgan fingerprint density at radius 2 is 2.27 bits per heavy atom. The molecule has 0 aliphatic carbocycles. The molecule has 2 heterocycles. The number of nitrogens with zero attached hydrogens (tertiary/aromatic N) is 3. The molecule has 6 nitrogen and oxygen atoms in total. The van der Waals surface area contributed by atoms with Gasteiger partial charge in [-0.2, -0.15) is 5.10 Å². The van der Waals surface area contributed by atoms with Crippen molar-refractivity contribution in [3.8, 4) is 11.5 Å². The molecule has 2 radical (unpaired) electrons. The van der Waals surface area contributed by atoms with Gasteiger partial charge in [0.1, 0.15) is 19.7 Å². The van der Waals surface area contributed by atoms with Gasteiger partial charge >= 0.3 is 0 Å². The predicted octanol–water partition coefficient (Wildman–Crippen LogP) is 1.11. The van der Waals surface area contributed by atoms with Gasteiger partial charge in [0.05, 0.1) is 17.2 Å². The molecule has 1 aromatic heterocycles. The van der Waals surface area contributed by atoms with Gasteiger partial charge in [0, 0.05) is 12.6 Å². The Morgan fingerprint density at radius 1 is 1.55 bits per heavy atom. The molecule has 2 aromatic rings. The lowest BCUT2D eigenvalue weighted by atomic mass is 9.93.